The Morgan fingerprint density at radius 1 is 1.18 bits per heavy atom. The Balaban J connectivity index is 2.26. The molecule has 86 valence electrons. The van der Waals surface area contributed by atoms with Crippen molar-refractivity contribution in [1.82, 2.24) is 9.97 Å². The normalized spacial score (nSPS) is 9.94. The van der Waals surface area contributed by atoms with Gasteiger partial charge in [0.05, 0.1) is 15.8 Å². The lowest BCUT2D eigenvalue weighted by Gasteiger charge is -2.04. The fourth-order valence-electron chi connectivity index (χ4n) is 1.36. The molecule has 17 heavy (non-hydrogen) atoms. The molecule has 0 aromatic carbocycles. The van der Waals surface area contributed by atoms with Gasteiger partial charge in [0.2, 0.25) is 5.91 Å². The summed E-state index contributed by atoms with van der Waals surface area (Å²) in [6, 6.07) is 9.21. The number of pyridine rings is 2. The lowest BCUT2D eigenvalue weighted by atomic mass is 10.2. The van der Waals surface area contributed by atoms with Gasteiger partial charge in [-0.2, -0.15) is 0 Å². The Morgan fingerprint density at radius 3 is 2.71 bits per heavy atom. The molecular weight excluding hydrogens is 329 g/mol. The minimum Gasteiger partial charge on any atom is -0.325 e. The number of alkyl halides is 1. The quantitative estimate of drug-likeness (QED) is 0.691. The summed E-state index contributed by atoms with van der Waals surface area (Å²) < 4.78 is 0.430. The number of anilines is 1. The molecule has 0 aliphatic rings. The molecule has 0 saturated heterocycles. The molecule has 0 saturated carbocycles. The fourth-order valence-corrected chi connectivity index (χ4v) is 1.55. The van der Waals surface area contributed by atoms with Crippen LogP contribution in [0.3, 0.4) is 0 Å². The van der Waals surface area contributed by atoms with Crippen molar-refractivity contribution in [2.45, 2.75) is 0 Å². The highest BCUT2D eigenvalue weighted by Gasteiger charge is 2.03. The molecule has 0 fully saturated rings. The van der Waals surface area contributed by atoms with Gasteiger partial charge in [-0.15, -0.1) is 0 Å². The van der Waals surface area contributed by atoms with Crippen LogP contribution in [0.25, 0.3) is 11.4 Å². The van der Waals surface area contributed by atoms with Gasteiger partial charge in [0, 0.05) is 18.1 Å². The van der Waals surface area contributed by atoms with E-state index in [1.54, 1.807) is 18.5 Å². The third-order valence-electron chi connectivity index (χ3n) is 2.09. The van der Waals surface area contributed by atoms with E-state index >= 15 is 0 Å². The number of nitrogens with one attached hydrogen (secondary N) is 1. The first-order chi connectivity index (χ1) is 8.29. The first kappa shape index (κ1) is 12.0. The molecule has 0 spiro atoms. The Bertz CT molecular complexity index is 516. The van der Waals surface area contributed by atoms with Crippen molar-refractivity contribution in [3.05, 3.63) is 42.7 Å². The molecule has 0 aliphatic carbocycles. The maximum atomic E-state index is 11.3. The molecule has 0 atom stereocenters. The molecule has 1 amide bonds. The summed E-state index contributed by atoms with van der Waals surface area (Å²) in [5.41, 5.74) is 2.28. The van der Waals surface area contributed by atoms with Crippen LogP contribution in [0.5, 0.6) is 0 Å². The smallest absolute Gasteiger partial charge is 0.234 e. The predicted octanol–water partition coefficient (Wildman–Crippen LogP) is 2.52. The molecule has 5 heteroatoms. The Hall–Kier alpha value is -1.50. The lowest BCUT2D eigenvalue weighted by molar-refractivity contribution is -0.113. The van der Waals surface area contributed by atoms with Gasteiger partial charge in [-0.25, -0.2) is 0 Å². The average molecular weight is 339 g/mol. The zero-order valence-corrected chi connectivity index (χ0v) is 11.1. The molecule has 2 aromatic rings. The van der Waals surface area contributed by atoms with E-state index in [0.29, 0.717) is 4.43 Å². The second-order valence-corrected chi connectivity index (χ2v) is 4.09. The van der Waals surface area contributed by atoms with Crippen LogP contribution < -0.4 is 5.32 Å². The molecule has 0 unspecified atom stereocenters. The topological polar surface area (TPSA) is 54.9 Å². The number of carbonyl (C=O) groups is 1. The minimum atomic E-state index is -0.0243. The zero-order valence-electron chi connectivity index (χ0n) is 8.93. The largest absolute Gasteiger partial charge is 0.325 e. The Kier molecular flexibility index (Phi) is 4.03. The van der Waals surface area contributed by atoms with E-state index in [1.807, 2.05) is 46.9 Å². The third-order valence-corrected chi connectivity index (χ3v) is 2.79. The number of halogens is 1. The van der Waals surface area contributed by atoms with Crippen LogP contribution in [0.4, 0.5) is 5.69 Å². The van der Waals surface area contributed by atoms with Crippen molar-refractivity contribution in [1.29, 1.82) is 0 Å². The number of amides is 1. The fraction of sp³-hybridized carbons (Fsp3) is 0.0833. The molecule has 0 bridgehead atoms. The minimum absolute atomic E-state index is 0.0243. The highest BCUT2D eigenvalue weighted by molar-refractivity contribution is 14.1. The van der Waals surface area contributed by atoms with Crippen LogP contribution in [0.1, 0.15) is 0 Å². The van der Waals surface area contributed by atoms with E-state index < -0.39 is 0 Å². The number of hydrogen-bond donors (Lipinski definition) is 1. The third kappa shape index (κ3) is 3.23. The summed E-state index contributed by atoms with van der Waals surface area (Å²) in [6.07, 6.45) is 3.37. The van der Waals surface area contributed by atoms with Crippen molar-refractivity contribution in [3.63, 3.8) is 0 Å². The maximum absolute atomic E-state index is 11.3. The molecule has 2 aromatic heterocycles. The monoisotopic (exact) mass is 339 g/mol. The number of hydrogen-bond acceptors (Lipinski definition) is 3. The standard InChI is InChI=1S/C12H10IN3O/c13-8-12(17)16-9-4-6-15-11(7-9)10-3-1-2-5-14-10/h1-7H,8H2,(H,15,16,17). The van der Waals surface area contributed by atoms with Crippen molar-refractivity contribution < 1.29 is 4.79 Å². The van der Waals surface area contributed by atoms with Gasteiger partial charge in [0.1, 0.15) is 0 Å². The summed E-state index contributed by atoms with van der Waals surface area (Å²) in [5.74, 6) is -0.0243. The van der Waals surface area contributed by atoms with Crippen molar-refractivity contribution in [2.24, 2.45) is 0 Å². The van der Waals surface area contributed by atoms with Gasteiger partial charge in [0.15, 0.2) is 0 Å². The van der Waals surface area contributed by atoms with Gasteiger partial charge in [0.25, 0.3) is 0 Å². The summed E-state index contributed by atoms with van der Waals surface area (Å²) in [5, 5.41) is 2.79. The van der Waals surface area contributed by atoms with E-state index in [2.05, 4.69) is 15.3 Å². The first-order valence-corrected chi connectivity index (χ1v) is 6.55. The number of rotatable bonds is 3. The van der Waals surface area contributed by atoms with Crippen LogP contribution in [0.15, 0.2) is 42.7 Å². The number of nitrogens with zero attached hydrogens (tertiary/aromatic N) is 2. The molecule has 2 heterocycles. The van der Waals surface area contributed by atoms with E-state index in [4.69, 9.17) is 0 Å². The number of carbonyl (C=O) groups excluding carboxylic acids is 1. The van der Waals surface area contributed by atoms with Crippen molar-refractivity contribution >= 4 is 34.2 Å². The molecule has 1 N–H and O–H groups in total. The maximum Gasteiger partial charge on any atom is 0.234 e. The van der Waals surface area contributed by atoms with Crippen LogP contribution in [0.2, 0.25) is 0 Å². The van der Waals surface area contributed by atoms with Crippen molar-refractivity contribution in [2.75, 3.05) is 9.74 Å². The average Bonchev–Trinajstić information content (AvgIpc) is 2.40. The summed E-state index contributed by atoms with van der Waals surface area (Å²) in [4.78, 5) is 19.7. The predicted molar refractivity (Wildman–Crippen MR) is 75.0 cm³/mol. The van der Waals surface area contributed by atoms with Gasteiger partial charge in [-0.3, -0.25) is 14.8 Å². The van der Waals surface area contributed by atoms with Crippen LogP contribution >= 0.6 is 22.6 Å². The first-order valence-electron chi connectivity index (χ1n) is 5.03. The Labute approximate surface area is 113 Å². The highest BCUT2D eigenvalue weighted by atomic mass is 127. The SMILES string of the molecule is O=C(CI)Nc1ccnc(-c2ccccn2)c1. The lowest BCUT2D eigenvalue weighted by Crippen LogP contribution is -2.12. The molecule has 2 rings (SSSR count). The van der Waals surface area contributed by atoms with Gasteiger partial charge >= 0.3 is 0 Å². The summed E-state index contributed by atoms with van der Waals surface area (Å²) in [7, 11) is 0. The molecule has 0 aliphatic heterocycles. The second-order valence-electron chi connectivity index (χ2n) is 3.33. The van der Waals surface area contributed by atoms with E-state index in [-0.39, 0.29) is 5.91 Å². The van der Waals surface area contributed by atoms with Crippen molar-refractivity contribution in [3.8, 4) is 11.4 Å². The van der Waals surface area contributed by atoms with Gasteiger partial charge in [-0.05, 0) is 24.3 Å². The molecular formula is C12H10IN3O. The van der Waals surface area contributed by atoms with Crippen LogP contribution in [0, 0.1) is 0 Å². The van der Waals surface area contributed by atoms with E-state index in [9.17, 15) is 4.79 Å². The molecule has 4 nitrogen and oxygen atoms in total. The number of aromatic nitrogens is 2. The van der Waals surface area contributed by atoms with E-state index in [0.717, 1.165) is 17.1 Å². The second kappa shape index (κ2) is 5.72. The van der Waals surface area contributed by atoms with E-state index in [1.165, 1.54) is 0 Å². The highest BCUT2D eigenvalue weighted by Crippen LogP contribution is 2.17. The zero-order chi connectivity index (χ0) is 12.1. The van der Waals surface area contributed by atoms with Crippen LogP contribution in [-0.4, -0.2) is 20.3 Å². The van der Waals surface area contributed by atoms with Gasteiger partial charge in [-0.1, -0.05) is 28.7 Å². The van der Waals surface area contributed by atoms with Crippen LogP contribution in [-0.2, 0) is 4.79 Å². The summed E-state index contributed by atoms with van der Waals surface area (Å²) in [6.45, 7) is 0. The van der Waals surface area contributed by atoms with Gasteiger partial charge < -0.3 is 5.32 Å². The molecule has 0 radical (unpaired) electrons. The Morgan fingerprint density at radius 2 is 2.00 bits per heavy atom. The summed E-state index contributed by atoms with van der Waals surface area (Å²) >= 11 is 2.02.